The Morgan fingerprint density at radius 1 is 0.970 bits per heavy atom. The Kier molecular flexibility index (Phi) is 7.88. The van der Waals surface area contributed by atoms with Crippen LogP contribution in [0.25, 0.3) is 0 Å². The van der Waals surface area contributed by atoms with Crippen LogP contribution in [0.15, 0.2) is 58.1 Å². The van der Waals surface area contributed by atoms with Gasteiger partial charge >= 0.3 is 23.9 Å². The summed E-state index contributed by atoms with van der Waals surface area (Å²) < 4.78 is 90.6. The van der Waals surface area contributed by atoms with Gasteiger partial charge in [0.1, 0.15) is 0 Å². The number of hydrazone groups is 1. The van der Waals surface area contributed by atoms with Gasteiger partial charge in [-0.3, -0.25) is 9.59 Å². The molecule has 0 radical (unpaired) electrons. The van der Waals surface area contributed by atoms with Crippen LogP contribution in [0.5, 0.6) is 0 Å². The molecule has 33 heavy (non-hydrogen) atoms. The zero-order valence-corrected chi connectivity index (χ0v) is 18.2. The van der Waals surface area contributed by atoms with E-state index >= 15 is 0 Å². The molecule has 178 valence electrons. The van der Waals surface area contributed by atoms with E-state index in [0.29, 0.717) is 5.56 Å². The van der Waals surface area contributed by atoms with Crippen LogP contribution in [-0.2, 0) is 16.0 Å². The van der Waals surface area contributed by atoms with Gasteiger partial charge in [-0.1, -0.05) is 40.2 Å². The Morgan fingerprint density at radius 2 is 1.58 bits per heavy atom. The molecule has 2 aromatic carbocycles. The fraction of sp³-hybridized carbons (Fsp3) is 0.250. The van der Waals surface area contributed by atoms with Crippen molar-refractivity contribution in [1.29, 1.82) is 0 Å². The van der Waals surface area contributed by atoms with Crippen molar-refractivity contribution in [3.05, 3.63) is 64.1 Å². The molecule has 0 unspecified atom stereocenters. The Hall–Kier alpha value is -2.96. The average molecular weight is 542 g/mol. The highest BCUT2D eigenvalue weighted by molar-refractivity contribution is 9.10. The van der Waals surface area contributed by atoms with Gasteiger partial charge in [0.05, 0.1) is 12.1 Å². The third-order valence-electron chi connectivity index (χ3n) is 4.20. The standard InChI is InChI=1S/C20H15BrF7N3O2/c1-11(30-31-16(32)9-12-5-7-14(21)8-6-12)13-3-2-4-15(10-13)29-17(33)18(22,23)19(24,25)20(26,27)28/h2-8,10H,9H2,1H3,(H,29,33)(H,31,32)/b30-11-. The SMILES string of the molecule is C/C(=N/NC(=O)Cc1ccc(Br)cc1)c1cccc(NC(=O)C(F)(F)C(F)(F)C(F)(F)F)c1. The van der Waals surface area contributed by atoms with E-state index in [1.165, 1.54) is 24.4 Å². The maximum absolute atomic E-state index is 13.5. The summed E-state index contributed by atoms with van der Waals surface area (Å²) in [5.41, 5.74) is 2.80. The quantitative estimate of drug-likeness (QED) is 0.283. The number of carbonyl (C=O) groups excluding carboxylic acids is 2. The van der Waals surface area contributed by atoms with Crippen LogP contribution < -0.4 is 10.7 Å². The maximum Gasteiger partial charge on any atom is 0.460 e. The summed E-state index contributed by atoms with van der Waals surface area (Å²) in [5, 5.41) is 5.17. The molecule has 13 heteroatoms. The third kappa shape index (κ3) is 6.30. The molecule has 2 N–H and O–H groups in total. The maximum atomic E-state index is 13.5. The van der Waals surface area contributed by atoms with Crippen molar-refractivity contribution in [1.82, 2.24) is 5.43 Å². The van der Waals surface area contributed by atoms with Gasteiger partial charge in [0.15, 0.2) is 0 Å². The number of halogens is 8. The number of hydrogen-bond acceptors (Lipinski definition) is 3. The van der Waals surface area contributed by atoms with Crippen molar-refractivity contribution in [3.8, 4) is 0 Å². The van der Waals surface area contributed by atoms with Gasteiger partial charge in [0.25, 0.3) is 0 Å². The molecule has 0 aliphatic carbocycles. The number of hydrogen-bond donors (Lipinski definition) is 2. The van der Waals surface area contributed by atoms with Gasteiger partial charge in [-0.15, -0.1) is 0 Å². The van der Waals surface area contributed by atoms with Crippen LogP contribution >= 0.6 is 15.9 Å². The van der Waals surface area contributed by atoms with Crippen molar-refractivity contribution in [2.75, 3.05) is 5.32 Å². The third-order valence-corrected chi connectivity index (χ3v) is 4.73. The zero-order chi connectivity index (χ0) is 25.0. The number of nitrogens with zero attached hydrogens (tertiary/aromatic N) is 1. The molecule has 0 fully saturated rings. The summed E-state index contributed by atoms with van der Waals surface area (Å²) in [6.45, 7) is 1.41. The molecule has 0 saturated heterocycles. The molecule has 5 nitrogen and oxygen atoms in total. The van der Waals surface area contributed by atoms with E-state index in [0.717, 1.165) is 16.6 Å². The van der Waals surface area contributed by atoms with Gasteiger partial charge < -0.3 is 5.32 Å². The van der Waals surface area contributed by atoms with Crippen LogP contribution in [0.3, 0.4) is 0 Å². The highest BCUT2D eigenvalue weighted by Crippen LogP contribution is 2.46. The molecular formula is C20H15BrF7N3O2. The molecule has 0 spiro atoms. The second-order valence-electron chi connectivity index (χ2n) is 6.72. The lowest BCUT2D eigenvalue weighted by atomic mass is 10.1. The fourth-order valence-corrected chi connectivity index (χ4v) is 2.65. The first-order valence-electron chi connectivity index (χ1n) is 8.97. The summed E-state index contributed by atoms with van der Waals surface area (Å²) in [6.07, 6.45) is -6.63. The minimum Gasteiger partial charge on any atom is -0.321 e. The predicted molar refractivity (Wildman–Crippen MR) is 109 cm³/mol. The van der Waals surface area contributed by atoms with Crippen molar-refractivity contribution >= 4 is 39.1 Å². The summed E-state index contributed by atoms with van der Waals surface area (Å²) >= 11 is 3.26. The molecule has 2 amide bonds. The smallest absolute Gasteiger partial charge is 0.321 e. The van der Waals surface area contributed by atoms with E-state index < -0.39 is 35.5 Å². The van der Waals surface area contributed by atoms with Crippen molar-refractivity contribution in [2.45, 2.75) is 31.4 Å². The van der Waals surface area contributed by atoms with Crippen LogP contribution in [0.4, 0.5) is 36.4 Å². The molecular weight excluding hydrogens is 527 g/mol. The average Bonchev–Trinajstić information content (AvgIpc) is 2.73. The van der Waals surface area contributed by atoms with E-state index in [2.05, 4.69) is 26.5 Å². The number of alkyl halides is 7. The fourth-order valence-electron chi connectivity index (χ4n) is 2.39. The first kappa shape index (κ1) is 26.3. The van der Waals surface area contributed by atoms with E-state index in [1.807, 2.05) is 0 Å². The highest BCUT2D eigenvalue weighted by Gasteiger charge is 2.76. The van der Waals surface area contributed by atoms with Gasteiger partial charge in [0, 0.05) is 10.2 Å². The van der Waals surface area contributed by atoms with Crippen LogP contribution in [0.2, 0.25) is 0 Å². The molecule has 0 saturated carbocycles. The molecule has 0 bridgehead atoms. The molecule has 0 aliphatic heterocycles. The van der Waals surface area contributed by atoms with Crippen LogP contribution in [0.1, 0.15) is 18.1 Å². The summed E-state index contributed by atoms with van der Waals surface area (Å²) in [6, 6.07) is 11.5. The zero-order valence-electron chi connectivity index (χ0n) is 16.6. The topological polar surface area (TPSA) is 70.6 Å². The molecule has 0 aromatic heterocycles. The molecule has 0 aliphatic rings. The summed E-state index contributed by atoms with van der Waals surface area (Å²) in [4.78, 5) is 23.5. The molecule has 0 atom stereocenters. The van der Waals surface area contributed by atoms with Crippen LogP contribution in [0, 0.1) is 0 Å². The van der Waals surface area contributed by atoms with Gasteiger partial charge in [-0.05, 0) is 42.3 Å². The van der Waals surface area contributed by atoms with Gasteiger partial charge in [0.2, 0.25) is 5.91 Å². The van der Waals surface area contributed by atoms with Crippen LogP contribution in [-0.4, -0.2) is 35.5 Å². The normalized spacial score (nSPS) is 12.9. The van der Waals surface area contributed by atoms with E-state index in [1.54, 1.807) is 24.3 Å². The summed E-state index contributed by atoms with van der Waals surface area (Å²) in [5.74, 6) is -15.9. The predicted octanol–water partition coefficient (Wildman–Crippen LogP) is 5.30. The lowest BCUT2D eigenvalue weighted by Gasteiger charge is -2.27. The first-order valence-corrected chi connectivity index (χ1v) is 9.76. The molecule has 2 aromatic rings. The lowest BCUT2D eigenvalue weighted by Crippen LogP contribution is -2.57. The number of amides is 2. The summed E-state index contributed by atoms with van der Waals surface area (Å²) in [7, 11) is 0. The van der Waals surface area contributed by atoms with E-state index in [9.17, 15) is 40.3 Å². The Balaban J connectivity index is 2.09. The molecule has 2 rings (SSSR count). The van der Waals surface area contributed by atoms with Gasteiger partial charge in [-0.25, -0.2) is 5.43 Å². The monoisotopic (exact) mass is 541 g/mol. The Morgan fingerprint density at radius 3 is 2.15 bits per heavy atom. The second kappa shape index (κ2) is 9.89. The van der Waals surface area contributed by atoms with Crippen molar-refractivity contribution in [2.24, 2.45) is 5.10 Å². The van der Waals surface area contributed by atoms with E-state index in [4.69, 9.17) is 0 Å². The Bertz CT molecular complexity index is 1050. The Labute approximate surface area is 191 Å². The second-order valence-corrected chi connectivity index (χ2v) is 7.63. The largest absolute Gasteiger partial charge is 0.460 e. The number of rotatable bonds is 7. The minimum atomic E-state index is -6.63. The number of nitrogens with one attached hydrogen (secondary N) is 2. The van der Waals surface area contributed by atoms with E-state index in [-0.39, 0.29) is 17.7 Å². The van der Waals surface area contributed by atoms with Gasteiger partial charge in [-0.2, -0.15) is 35.8 Å². The highest BCUT2D eigenvalue weighted by atomic mass is 79.9. The van der Waals surface area contributed by atoms with Crippen molar-refractivity contribution in [3.63, 3.8) is 0 Å². The minimum absolute atomic E-state index is 0.00264. The number of carbonyl (C=O) groups is 2. The number of anilines is 1. The molecule has 0 heterocycles. The number of benzene rings is 2. The van der Waals surface area contributed by atoms with Crippen molar-refractivity contribution < 1.29 is 40.3 Å². The lowest BCUT2D eigenvalue weighted by molar-refractivity contribution is -0.343. The first-order chi connectivity index (χ1) is 15.1.